The molecule has 3 atom stereocenters. The fourth-order valence-corrected chi connectivity index (χ4v) is 4.11. The van der Waals surface area contributed by atoms with Crippen molar-refractivity contribution in [2.24, 2.45) is 0 Å². The molecule has 2 aliphatic rings. The van der Waals surface area contributed by atoms with Crippen LogP contribution in [-0.2, 0) is 0 Å². The van der Waals surface area contributed by atoms with Crippen molar-refractivity contribution in [2.45, 2.75) is 43.0 Å². The van der Waals surface area contributed by atoms with Crippen LogP contribution in [0.4, 0.5) is 4.79 Å². The van der Waals surface area contributed by atoms with Crippen LogP contribution in [0.3, 0.4) is 0 Å². The van der Waals surface area contributed by atoms with Crippen LogP contribution in [0.25, 0.3) is 0 Å². The standard InChI is InChI=1S/C10H16N2O2SSe/c13-8(16)4-2-1-3-7-9-6(5-15-7)11-10(14)12-9/h6-7,9H,1-5H2,(H,13,16)(H2,11,12,14)/t6-,7-,9-/m0/s1. The number of hydrogen-bond acceptors (Lipinski definition) is 3. The first-order chi connectivity index (χ1) is 7.66. The fourth-order valence-electron chi connectivity index (χ4n) is 2.26. The molecule has 3 N–H and O–H groups in total. The van der Waals surface area contributed by atoms with Crippen molar-refractivity contribution >= 4 is 38.0 Å². The Morgan fingerprint density at radius 1 is 1.50 bits per heavy atom. The summed E-state index contributed by atoms with van der Waals surface area (Å²) in [4.78, 5) is 11.1. The van der Waals surface area contributed by atoms with Gasteiger partial charge in [0.1, 0.15) is 0 Å². The predicted molar refractivity (Wildman–Crippen MR) is 66.7 cm³/mol. The monoisotopic (exact) mass is 308 g/mol. The topological polar surface area (TPSA) is 61.4 Å². The summed E-state index contributed by atoms with van der Waals surface area (Å²) in [6, 6.07) is 0.611. The number of aliphatic hydroxyl groups excluding tert-OH is 1. The number of nitrogens with one attached hydrogen (secondary N) is 2. The third-order valence-electron chi connectivity index (χ3n) is 3.07. The van der Waals surface area contributed by atoms with Gasteiger partial charge >= 0.3 is 107 Å². The first-order valence-electron chi connectivity index (χ1n) is 5.57. The second-order valence-electron chi connectivity index (χ2n) is 4.26. The molecule has 2 heterocycles. The van der Waals surface area contributed by atoms with E-state index in [0.29, 0.717) is 21.9 Å². The number of amides is 2. The Morgan fingerprint density at radius 2 is 2.31 bits per heavy atom. The van der Waals surface area contributed by atoms with Gasteiger partial charge in [0.2, 0.25) is 0 Å². The van der Waals surface area contributed by atoms with E-state index < -0.39 is 0 Å². The summed E-state index contributed by atoms with van der Waals surface area (Å²) < 4.78 is 0.396. The van der Waals surface area contributed by atoms with E-state index in [4.69, 9.17) is 5.11 Å². The molecule has 0 bridgehead atoms. The van der Waals surface area contributed by atoms with E-state index in [1.54, 1.807) is 0 Å². The van der Waals surface area contributed by atoms with Gasteiger partial charge in [0.25, 0.3) is 0 Å². The van der Waals surface area contributed by atoms with Crippen LogP contribution in [-0.4, -0.2) is 54.4 Å². The number of carbonyl (C=O) groups excluding carboxylic acids is 1. The molecule has 0 radical (unpaired) electrons. The molecular formula is C10H16N2O2SSe. The number of urea groups is 1. The summed E-state index contributed by atoms with van der Waals surface area (Å²) in [5.41, 5.74) is 0. The van der Waals surface area contributed by atoms with Crippen molar-refractivity contribution in [1.29, 1.82) is 0 Å². The van der Waals surface area contributed by atoms with Gasteiger partial charge in [0.15, 0.2) is 0 Å². The van der Waals surface area contributed by atoms with Crippen molar-refractivity contribution in [2.75, 3.05) is 5.75 Å². The number of fused-ring (bicyclic) bond motifs is 1. The van der Waals surface area contributed by atoms with Gasteiger partial charge in [-0.3, -0.25) is 0 Å². The van der Waals surface area contributed by atoms with Crippen LogP contribution in [0.2, 0.25) is 0 Å². The summed E-state index contributed by atoms with van der Waals surface area (Å²) in [7, 11) is 0. The second kappa shape index (κ2) is 5.43. The molecule has 90 valence electrons. The van der Waals surface area contributed by atoms with Gasteiger partial charge in [-0.05, 0) is 0 Å². The molecule has 4 nitrogen and oxygen atoms in total. The zero-order chi connectivity index (χ0) is 11.5. The van der Waals surface area contributed by atoms with Gasteiger partial charge < -0.3 is 0 Å². The molecule has 0 aromatic rings. The molecule has 0 aromatic carbocycles. The predicted octanol–water partition coefficient (Wildman–Crippen LogP) is 0.383. The Bertz CT molecular complexity index is 301. The van der Waals surface area contributed by atoms with Crippen LogP contribution in [0.1, 0.15) is 25.7 Å². The van der Waals surface area contributed by atoms with Crippen molar-refractivity contribution in [3.63, 3.8) is 0 Å². The second-order valence-corrected chi connectivity index (χ2v) is 6.52. The zero-order valence-corrected chi connectivity index (χ0v) is 11.5. The Morgan fingerprint density at radius 3 is 3.06 bits per heavy atom. The normalized spacial score (nSPS) is 32.0. The molecular weight excluding hydrogens is 291 g/mol. The third kappa shape index (κ3) is 2.93. The van der Waals surface area contributed by atoms with Crippen molar-refractivity contribution in [1.82, 2.24) is 10.6 Å². The molecule has 2 amide bonds. The first kappa shape index (κ1) is 12.3. The molecule has 2 fully saturated rings. The van der Waals surface area contributed by atoms with Crippen molar-refractivity contribution < 1.29 is 9.90 Å². The quantitative estimate of drug-likeness (QED) is 0.391. The maximum atomic E-state index is 11.1. The Kier molecular flexibility index (Phi) is 4.16. The van der Waals surface area contributed by atoms with E-state index >= 15 is 0 Å². The molecule has 0 unspecified atom stereocenters. The van der Waals surface area contributed by atoms with Gasteiger partial charge in [-0.25, -0.2) is 0 Å². The molecule has 16 heavy (non-hydrogen) atoms. The number of carbonyl (C=O) groups is 1. The van der Waals surface area contributed by atoms with Crippen molar-refractivity contribution in [3.05, 3.63) is 0 Å². The summed E-state index contributed by atoms with van der Waals surface area (Å²) in [6.45, 7) is 0. The Labute approximate surface area is 107 Å². The van der Waals surface area contributed by atoms with E-state index in [-0.39, 0.29) is 6.03 Å². The maximum absolute atomic E-state index is 11.1. The Hall–Kier alpha value is -0.191. The Balaban J connectivity index is 1.70. The average molecular weight is 307 g/mol. The molecule has 0 aromatic heterocycles. The number of aliphatic hydroxyl groups is 1. The van der Waals surface area contributed by atoms with Crippen LogP contribution in [0.15, 0.2) is 0 Å². The molecule has 0 spiro atoms. The summed E-state index contributed by atoms with van der Waals surface area (Å²) in [5.74, 6) is 1.02. The molecule has 2 saturated heterocycles. The van der Waals surface area contributed by atoms with Gasteiger partial charge in [-0.15, -0.1) is 0 Å². The number of unbranched alkanes of at least 4 members (excludes halogenated alkanes) is 1. The number of rotatable bonds is 5. The molecule has 2 rings (SSSR count). The van der Waals surface area contributed by atoms with Gasteiger partial charge in [-0.2, -0.15) is 0 Å². The van der Waals surface area contributed by atoms with Crippen LogP contribution < -0.4 is 10.6 Å². The van der Waals surface area contributed by atoms with Crippen LogP contribution in [0, 0.1) is 0 Å². The summed E-state index contributed by atoms with van der Waals surface area (Å²) in [6.07, 6.45) is 3.97. The van der Waals surface area contributed by atoms with Crippen LogP contribution in [0.5, 0.6) is 0 Å². The minimum absolute atomic E-state index is 0.0190. The average Bonchev–Trinajstić information content (AvgIpc) is 2.72. The van der Waals surface area contributed by atoms with E-state index in [0.717, 1.165) is 31.4 Å². The first-order valence-corrected chi connectivity index (χ1v) is 7.48. The van der Waals surface area contributed by atoms with Gasteiger partial charge in [0, 0.05) is 0 Å². The van der Waals surface area contributed by atoms with E-state index in [1.165, 1.54) is 0 Å². The van der Waals surface area contributed by atoms with E-state index in [2.05, 4.69) is 26.2 Å². The third-order valence-corrected chi connectivity index (χ3v) is 5.00. The molecule has 0 aliphatic carbocycles. The molecule has 2 aliphatic heterocycles. The SMILES string of the molecule is O=C1N[C@H]2[C@H](CS[C@H]2CCCCC(O)=[Se])N1. The van der Waals surface area contributed by atoms with Crippen LogP contribution >= 0.6 is 11.8 Å². The van der Waals surface area contributed by atoms with Gasteiger partial charge in [0.05, 0.1) is 0 Å². The summed E-state index contributed by atoms with van der Waals surface area (Å²) in [5, 5.41) is 15.5. The van der Waals surface area contributed by atoms with Gasteiger partial charge in [-0.1, -0.05) is 0 Å². The minimum atomic E-state index is -0.0190. The van der Waals surface area contributed by atoms with E-state index in [1.807, 2.05) is 11.8 Å². The van der Waals surface area contributed by atoms with Crippen molar-refractivity contribution in [3.8, 4) is 0 Å². The summed E-state index contributed by atoms with van der Waals surface area (Å²) >= 11 is 4.55. The number of hydrogen-bond donors (Lipinski definition) is 3. The van der Waals surface area contributed by atoms with E-state index in [9.17, 15) is 4.79 Å². The molecule has 0 saturated carbocycles. The zero-order valence-electron chi connectivity index (χ0n) is 8.94. The number of thioether (sulfide) groups is 1. The fraction of sp³-hybridized carbons (Fsp3) is 0.800. The molecule has 6 heteroatoms.